The van der Waals surface area contributed by atoms with Gasteiger partial charge in [-0.25, -0.2) is 9.48 Å². The van der Waals surface area contributed by atoms with Gasteiger partial charge in [0.1, 0.15) is 5.75 Å². The third-order valence-corrected chi connectivity index (χ3v) is 3.95. The van der Waals surface area contributed by atoms with E-state index in [-0.39, 0.29) is 0 Å². The van der Waals surface area contributed by atoms with Gasteiger partial charge >= 0.3 is 11.9 Å². The Labute approximate surface area is 162 Å². The molecule has 7 nitrogen and oxygen atoms in total. The normalized spacial score (nSPS) is 10.4. The van der Waals surface area contributed by atoms with Crippen molar-refractivity contribution in [1.82, 2.24) is 9.78 Å². The van der Waals surface area contributed by atoms with Crippen molar-refractivity contribution in [2.75, 3.05) is 11.9 Å². The van der Waals surface area contributed by atoms with Crippen LogP contribution in [0.2, 0.25) is 0 Å². The molecule has 1 N–H and O–H groups in total. The summed E-state index contributed by atoms with van der Waals surface area (Å²) >= 11 is 0. The summed E-state index contributed by atoms with van der Waals surface area (Å²) in [5.74, 6) is 0.00312. The largest absolute Gasteiger partial charge is 0.454 e. The van der Waals surface area contributed by atoms with Crippen LogP contribution in [0, 0.1) is 13.8 Å². The third-order valence-electron chi connectivity index (χ3n) is 3.95. The van der Waals surface area contributed by atoms with Crippen molar-refractivity contribution < 1.29 is 19.1 Å². The number of carbonyl (C=O) groups is 2. The SMILES string of the molecule is CC(=O)OCC(=O)Oc1c(C)cc(Nc2ccn(-c3ccccc3)n2)cc1C. The Morgan fingerprint density at radius 1 is 1.07 bits per heavy atom. The molecular formula is C21H21N3O4. The van der Waals surface area contributed by atoms with E-state index in [0.29, 0.717) is 11.6 Å². The minimum Gasteiger partial charge on any atom is -0.454 e. The van der Waals surface area contributed by atoms with Crippen molar-refractivity contribution in [3.05, 3.63) is 65.9 Å². The number of anilines is 2. The molecule has 0 aliphatic rings. The van der Waals surface area contributed by atoms with Gasteiger partial charge in [-0.15, -0.1) is 0 Å². The number of rotatable bonds is 6. The summed E-state index contributed by atoms with van der Waals surface area (Å²) in [5.41, 5.74) is 3.35. The first-order valence-corrected chi connectivity index (χ1v) is 8.76. The van der Waals surface area contributed by atoms with Crippen LogP contribution in [0.4, 0.5) is 11.5 Å². The fourth-order valence-corrected chi connectivity index (χ4v) is 2.75. The van der Waals surface area contributed by atoms with Crippen molar-refractivity contribution in [1.29, 1.82) is 0 Å². The molecular weight excluding hydrogens is 358 g/mol. The predicted molar refractivity (Wildman–Crippen MR) is 105 cm³/mol. The summed E-state index contributed by atoms with van der Waals surface area (Å²) in [4.78, 5) is 22.6. The maximum Gasteiger partial charge on any atom is 0.349 e. The van der Waals surface area contributed by atoms with Crippen LogP contribution in [0.25, 0.3) is 5.69 Å². The van der Waals surface area contributed by atoms with Gasteiger partial charge in [-0.05, 0) is 49.2 Å². The van der Waals surface area contributed by atoms with Gasteiger partial charge in [0, 0.05) is 24.9 Å². The molecule has 1 heterocycles. The van der Waals surface area contributed by atoms with Crippen molar-refractivity contribution in [2.24, 2.45) is 0 Å². The Hall–Kier alpha value is -3.61. The Morgan fingerprint density at radius 2 is 1.75 bits per heavy atom. The predicted octanol–water partition coefficient (Wildman–Crippen LogP) is 3.70. The number of para-hydroxylation sites is 1. The monoisotopic (exact) mass is 379 g/mol. The number of hydrogen-bond donors (Lipinski definition) is 1. The molecule has 0 bridgehead atoms. The first-order valence-electron chi connectivity index (χ1n) is 8.76. The topological polar surface area (TPSA) is 82.5 Å². The van der Waals surface area contributed by atoms with E-state index < -0.39 is 18.5 Å². The molecule has 1 aromatic heterocycles. The number of esters is 2. The lowest BCUT2D eigenvalue weighted by atomic mass is 10.1. The number of nitrogens with zero attached hydrogens (tertiary/aromatic N) is 2. The molecule has 0 saturated heterocycles. The van der Waals surface area contributed by atoms with Gasteiger partial charge in [0.15, 0.2) is 12.4 Å². The molecule has 144 valence electrons. The molecule has 2 aromatic carbocycles. The van der Waals surface area contributed by atoms with Crippen molar-refractivity contribution >= 4 is 23.4 Å². The fraction of sp³-hybridized carbons (Fsp3) is 0.190. The van der Waals surface area contributed by atoms with E-state index in [1.165, 1.54) is 6.92 Å². The summed E-state index contributed by atoms with van der Waals surface area (Å²) in [5, 5.41) is 7.77. The smallest absolute Gasteiger partial charge is 0.349 e. The quantitative estimate of drug-likeness (QED) is 0.519. The van der Waals surface area contributed by atoms with Crippen LogP contribution in [-0.4, -0.2) is 28.3 Å². The fourth-order valence-electron chi connectivity index (χ4n) is 2.75. The standard InChI is InChI=1S/C21H21N3O4/c1-14-11-17(12-15(2)21(14)28-20(26)13-27-16(3)25)22-19-9-10-24(23-19)18-7-5-4-6-8-18/h4-12H,13H2,1-3H3,(H,22,23). The van der Waals surface area contributed by atoms with Crippen LogP contribution in [0.3, 0.4) is 0 Å². The number of nitrogens with one attached hydrogen (secondary N) is 1. The highest BCUT2D eigenvalue weighted by atomic mass is 16.6. The van der Waals surface area contributed by atoms with Gasteiger partial charge in [-0.2, -0.15) is 5.10 Å². The van der Waals surface area contributed by atoms with Crippen LogP contribution >= 0.6 is 0 Å². The zero-order chi connectivity index (χ0) is 20.1. The number of hydrogen-bond acceptors (Lipinski definition) is 6. The number of ether oxygens (including phenoxy) is 2. The lowest BCUT2D eigenvalue weighted by Crippen LogP contribution is -2.18. The second-order valence-electron chi connectivity index (χ2n) is 6.30. The van der Waals surface area contributed by atoms with Gasteiger partial charge in [0.25, 0.3) is 0 Å². The van der Waals surface area contributed by atoms with Gasteiger partial charge in [0.05, 0.1) is 5.69 Å². The van der Waals surface area contributed by atoms with E-state index in [1.54, 1.807) is 4.68 Å². The van der Waals surface area contributed by atoms with Gasteiger partial charge in [-0.3, -0.25) is 4.79 Å². The lowest BCUT2D eigenvalue weighted by molar-refractivity contribution is -0.152. The molecule has 0 amide bonds. The third kappa shape index (κ3) is 4.76. The second kappa shape index (κ2) is 8.39. The van der Waals surface area contributed by atoms with Crippen LogP contribution in [0.15, 0.2) is 54.7 Å². The molecule has 0 atom stereocenters. The second-order valence-corrected chi connectivity index (χ2v) is 6.30. The molecule has 3 rings (SSSR count). The number of carbonyl (C=O) groups excluding carboxylic acids is 2. The Balaban J connectivity index is 1.71. The number of aromatic nitrogens is 2. The van der Waals surface area contributed by atoms with E-state index >= 15 is 0 Å². The highest BCUT2D eigenvalue weighted by Gasteiger charge is 2.13. The number of aryl methyl sites for hydroxylation is 2. The van der Waals surface area contributed by atoms with Crippen LogP contribution in [-0.2, 0) is 14.3 Å². The molecule has 0 radical (unpaired) electrons. The molecule has 7 heteroatoms. The minimum absolute atomic E-state index is 0.412. The average molecular weight is 379 g/mol. The van der Waals surface area contributed by atoms with Gasteiger partial charge in [-0.1, -0.05) is 18.2 Å². The minimum atomic E-state index is -0.622. The van der Waals surface area contributed by atoms with E-state index in [1.807, 2.05) is 68.6 Å². The summed E-state index contributed by atoms with van der Waals surface area (Å²) in [6, 6.07) is 15.4. The van der Waals surface area contributed by atoms with Gasteiger partial charge < -0.3 is 14.8 Å². The van der Waals surface area contributed by atoms with Crippen LogP contribution < -0.4 is 10.1 Å². The lowest BCUT2D eigenvalue weighted by Gasteiger charge is -2.13. The van der Waals surface area contributed by atoms with Crippen molar-refractivity contribution in [2.45, 2.75) is 20.8 Å². The highest BCUT2D eigenvalue weighted by molar-refractivity contribution is 5.78. The number of benzene rings is 2. The summed E-state index contributed by atoms with van der Waals surface area (Å²) in [6.45, 7) is 4.51. The molecule has 0 aliphatic carbocycles. The van der Waals surface area contributed by atoms with Crippen molar-refractivity contribution in [3.8, 4) is 11.4 Å². The highest BCUT2D eigenvalue weighted by Crippen LogP contribution is 2.29. The first-order chi connectivity index (χ1) is 13.4. The maximum absolute atomic E-state index is 11.8. The molecule has 0 aliphatic heterocycles. The summed E-state index contributed by atoms with van der Waals surface area (Å²) in [6.07, 6.45) is 1.88. The molecule has 0 saturated carbocycles. The van der Waals surface area contributed by atoms with Crippen molar-refractivity contribution in [3.63, 3.8) is 0 Å². The van der Waals surface area contributed by atoms with Crippen LogP contribution in [0.1, 0.15) is 18.1 Å². The first kappa shape index (κ1) is 19.2. The van der Waals surface area contributed by atoms with E-state index in [4.69, 9.17) is 4.74 Å². The molecule has 0 unspecified atom stereocenters. The summed E-state index contributed by atoms with van der Waals surface area (Å²) in [7, 11) is 0. The van der Waals surface area contributed by atoms with E-state index in [0.717, 1.165) is 22.5 Å². The average Bonchev–Trinajstić information content (AvgIpc) is 3.12. The Morgan fingerprint density at radius 3 is 2.39 bits per heavy atom. The Bertz CT molecular complexity index is 973. The molecule has 0 spiro atoms. The Kier molecular flexibility index (Phi) is 5.74. The van der Waals surface area contributed by atoms with Gasteiger partial charge in [0.2, 0.25) is 0 Å². The van der Waals surface area contributed by atoms with E-state index in [2.05, 4.69) is 15.2 Å². The summed E-state index contributed by atoms with van der Waals surface area (Å²) < 4.78 is 11.8. The molecule has 28 heavy (non-hydrogen) atoms. The maximum atomic E-state index is 11.8. The van der Waals surface area contributed by atoms with E-state index in [9.17, 15) is 9.59 Å². The molecule has 0 fully saturated rings. The zero-order valence-corrected chi connectivity index (χ0v) is 15.9. The molecule has 3 aromatic rings. The van der Waals surface area contributed by atoms with Crippen LogP contribution in [0.5, 0.6) is 5.75 Å². The zero-order valence-electron chi connectivity index (χ0n) is 15.9.